The molecule has 30 heavy (non-hydrogen) atoms. The molecule has 2 aromatic rings. The number of likely N-dealkylation sites (tertiary alicyclic amines) is 2. The summed E-state index contributed by atoms with van der Waals surface area (Å²) >= 11 is 0. The monoisotopic (exact) mass is 406 g/mol. The molecule has 3 heterocycles. The molecule has 2 aliphatic rings. The summed E-state index contributed by atoms with van der Waals surface area (Å²) in [6, 6.07) is 15.8. The quantitative estimate of drug-likeness (QED) is 0.801. The Bertz CT molecular complexity index is 789. The predicted molar refractivity (Wildman–Crippen MR) is 116 cm³/mol. The van der Waals surface area contributed by atoms with E-state index < -0.39 is 0 Å². The molecule has 1 aromatic carbocycles. The third kappa shape index (κ3) is 4.87. The van der Waals surface area contributed by atoms with E-state index >= 15 is 0 Å². The van der Waals surface area contributed by atoms with Crippen molar-refractivity contribution < 1.29 is 9.59 Å². The number of amides is 2. The van der Waals surface area contributed by atoms with Crippen molar-refractivity contribution >= 4 is 11.8 Å². The highest BCUT2D eigenvalue weighted by molar-refractivity contribution is 5.81. The lowest BCUT2D eigenvalue weighted by molar-refractivity contribution is -0.139. The number of carbonyl (C=O) groups excluding carboxylic acids is 2. The summed E-state index contributed by atoms with van der Waals surface area (Å²) < 4.78 is 0. The fourth-order valence-electron chi connectivity index (χ4n) is 4.46. The molecular formula is C24H30N4O2. The number of hydrogen-bond acceptors (Lipinski definition) is 4. The molecule has 6 heteroatoms. The van der Waals surface area contributed by atoms with E-state index in [9.17, 15) is 9.59 Å². The van der Waals surface area contributed by atoms with Crippen molar-refractivity contribution in [1.82, 2.24) is 20.1 Å². The smallest absolute Gasteiger partial charge is 0.236 e. The number of piperidine rings is 1. The van der Waals surface area contributed by atoms with Crippen LogP contribution >= 0.6 is 0 Å². The van der Waals surface area contributed by atoms with Crippen LogP contribution in [0.5, 0.6) is 0 Å². The Hall–Kier alpha value is -2.73. The number of nitrogens with one attached hydrogen (secondary N) is 1. The third-order valence-electron chi connectivity index (χ3n) is 6.19. The molecule has 6 nitrogen and oxygen atoms in total. The Kier molecular flexibility index (Phi) is 6.74. The van der Waals surface area contributed by atoms with Gasteiger partial charge in [0, 0.05) is 38.3 Å². The Morgan fingerprint density at radius 1 is 0.933 bits per heavy atom. The second-order valence-corrected chi connectivity index (χ2v) is 8.17. The van der Waals surface area contributed by atoms with Crippen molar-refractivity contribution in [3.05, 3.63) is 66.0 Å². The highest BCUT2D eigenvalue weighted by atomic mass is 16.2. The third-order valence-corrected chi connectivity index (χ3v) is 6.19. The number of rotatable bonds is 6. The molecule has 158 valence electrons. The minimum atomic E-state index is -0.134. The largest absolute Gasteiger partial charge is 0.342 e. The zero-order chi connectivity index (χ0) is 20.8. The first-order chi connectivity index (χ1) is 14.7. The minimum absolute atomic E-state index is 0.0747. The van der Waals surface area contributed by atoms with Crippen molar-refractivity contribution in [3.63, 3.8) is 0 Å². The first-order valence-corrected chi connectivity index (χ1v) is 11.0. The number of benzene rings is 1. The van der Waals surface area contributed by atoms with Crippen LogP contribution in [0.25, 0.3) is 0 Å². The maximum absolute atomic E-state index is 12.8. The summed E-state index contributed by atoms with van der Waals surface area (Å²) in [5.41, 5.74) is 1.98. The Labute approximate surface area is 178 Å². The zero-order valence-corrected chi connectivity index (χ0v) is 17.4. The summed E-state index contributed by atoms with van der Waals surface area (Å²) in [6.45, 7) is 3.36. The molecule has 1 atom stereocenters. The second-order valence-electron chi connectivity index (χ2n) is 8.17. The maximum atomic E-state index is 12.8. The van der Waals surface area contributed by atoms with E-state index in [0.29, 0.717) is 13.1 Å². The summed E-state index contributed by atoms with van der Waals surface area (Å²) in [5.74, 6) is 0.446. The normalized spacial score (nSPS) is 18.4. The fourth-order valence-corrected chi connectivity index (χ4v) is 4.46. The van der Waals surface area contributed by atoms with Crippen molar-refractivity contribution in [2.24, 2.45) is 5.92 Å². The minimum Gasteiger partial charge on any atom is -0.342 e. The summed E-state index contributed by atoms with van der Waals surface area (Å²) in [7, 11) is 0. The molecule has 0 radical (unpaired) electrons. The molecule has 0 aliphatic carbocycles. The highest BCUT2D eigenvalue weighted by Crippen LogP contribution is 2.23. The standard InChI is InChI=1S/C24H30N4O2/c29-22(27-16-11-20(12-17-27)24(30)28-14-6-7-15-28)18-26-23(19-8-2-1-3-9-19)21-10-4-5-13-25-21/h1-5,8-10,13,20,23,26H,6-7,11-12,14-18H2. The average molecular weight is 407 g/mol. The van der Waals surface area contributed by atoms with Crippen molar-refractivity contribution in [2.75, 3.05) is 32.7 Å². The van der Waals surface area contributed by atoms with Gasteiger partial charge in [-0.05, 0) is 43.4 Å². The molecule has 0 bridgehead atoms. The summed E-state index contributed by atoms with van der Waals surface area (Å²) in [4.78, 5) is 33.8. The van der Waals surface area contributed by atoms with Crippen molar-refractivity contribution in [1.29, 1.82) is 0 Å². The van der Waals surface area contributed by atoms with Crippen LogP contribution in [0.3, 0.4) is 0 Å². The SMILES string of the molecule is O=C(CNC(c1ccccc1)c1ccccn1)N1CCC(C(=O)N2CCCC2)CC1. The molecule has 4 rings (SSSR count). The van der Waals surface area contributed by atoms with Gasteiger partial charge in [-0.1, -0.05) is 36.4 Å². The molecule has 2 saturated heterocycles. The lowest BCUT2D eigenvalue weighted by Gasteiger charge is -2.33. The Morgan fingerprint density at radius 2 is 1.63 bits per heavy atom. The van der Waals surface area contributed by atoms with E-state index in [0.717, 1.165) is 50.0 Å². The van der Waals surface area contributed by atoms with Crippen LogP contribution in [0.1, 0.15) is 43.0 Å². The lowest BCUT2D eigenvalue weighted by atomic mass is 9.95. The van der Waals surface area contributed by atoms with E-state index in [1.165, 1.54) is 0 Å². The van der Waals surface area contributed by atoms with Gasteiger partial charge in [0.15, 0.2) is 0 Å². The van der Waals surface area contributed by atoms with Crippen LogP contribution in [0.2, 0.25) is 0 Å². The fraction of sp³-hybridized carbons (Fsp3) is 0.458. The molecule has 1 N–H and O–H groups in total. The topological polar surface area (TPSA) is 65.5 Å². The van der Waals surface area contributed by atoms with Gasteiger partial charge < -0.3 is 9.80 Å². The summed E-state index contributed by atoms with van der Waals surface area (Å²) in [6.07, 6.45) is 5.55. The number of carbonyl (C=O) groups is 2. The van der Waals surface area contributed by atoms with Gasteiger partial charge in [0.2, 0.25) is 11.8 Å². The van der Waals surface area contributed by atoms with E-state index in [-0.39, 0.29) is 30.3 Å². The first kappa shape index (κ1) is 20.5. The Morgan fingerprint density at radius 3 is 2.30 bits per heavy atom. The number of nitrogens with zero attached hydrogens (tertiary/aromatic N) is 3. The molecule has 0 saturated carbocycles. The summed E-state index contributed by atoms with van der Waals surface area (Å²) in [5, 5.41) is 3.40. The van der Waals surface area contributed by atoms with Gasteiger partial charge in [-0.2, -0.15) is 0 Å². The lowest BCUT2D eigenvalue weighted by Crippen LogP contribution is -2.46. The zero-order valence-electron chi connectivity index (χ0n) is 17.4. The van der Waals surface area contributed by atoms with Crippen LogP contribution in [0.15, 0.2) is 54.7 Å². The van der Waals surface area contributed by atoms with Crippen LogP contribution in [-0.4, -0.2) is 59.3 Å². The van der Waals surface area contributed by atoms with Crippen LogP contribution in [0, 0.1) is 5.92 Å². The Balaban J connectivity index is 1.32. The molecule has 0 spiro atoms. The molecule has 1 unspecified atom stereocenters. The van der Waals surface area contributed by atoms with Gasteiger partial charge in [0.05, 0.1) is 18.3 Å². The number of pyridine rings is 1. The first-order valence-electron chi connectivity index (χ1n) is 11.0. The second kappa shape index (κ2) is 9.85. The van der Waals surface area contributed by atoms with Crippen LogP contribution in [0.4, 0.5) is 0 Å². The van der Waals surface area contributed by atoms with Crippen LogP contribution < -0.4 is 5.32 Å². The molecule has 2 amide bonds. The molecule has 2 fully saturated rings. The van der Waals surface area contributed by atoms with Gasteiger partial charge in [0.25, 0.3) is 0 Å². The average Bonchev–Trinajstić information content (AvgIpc) is 3.35. The van der Waals surface area contributed by atoms with Crippen LogP contribution in [-0.2, 0) is 9.59 Å². The van der Waals surface area contributed by atoms with Gasteiger partial charge in [-0.3, -0.25) is 19.9 Å². The number of aromatic nitrogens is 1. The van der Waals surface area contributed by atoms with E-state index in [1.54, 1.807) is 6.20 Å². The van der Waals surface area contributed by atoms with Crippen molar-refractivity contribution in [2.45, 2.75) is 31.7 Å². The molecule has 2 aliphatic heterocycles. The van der Waals surface area contributed by atoms with E-state index in [4.69, 9.17) is 0 Å². The van der Waals surface area contributed by atoms with Gasteiger partial charge >= 0.3 is 0 Å². The maximum Gasteiger partial charge on any atom is 0.236 e. The van der Waals surface area contributed by atoms with E-state index in [2.05, 4.69) is 10.3 Å². The number of hydrogen-bond donors (Lipinski definition) is 1. The van der Waals surface area contributed by atoms with E-state index in [1.807, 2.05) is 58.3 Å². The van der Waals surface area contributed by atoms with Gasteiger partial charge in [-0.25, -0.2) is 0 Å². The predicted octanol–water partition coefficient (Wildman–Crippen LogP) is 2.62. The van der Waals surface area contributed by atoms with Gasteiger partial charge in [0.1, 0.15) is 0 Å². The van der Waals surface area contributed by atoms with Crippen molar-refractivity contribution in [3.8, 4) is 0 Å². The molecular weight excluding hydrogens is 376 g/mol. The van der Waals surface area contributed by atoms with Gasteiger partial charge in [-0.15, -0.1) is 0 Å². The highest BCUT2D eigenvalue weighted by Gasteiger charge is 2.31. The molecule has 1 aromatic heterocycles.